The van der Waals surface area contributed by atoms with E-state index < -0.39 is 24.2 Å². The molecule has 90 valence electrons. The smallest absolute Gasteiger partial charge is 0.430 e. The predicted molar refractivity (Wildman–Crippen MR) is 43.0 cm³/mol. The van der Waals surface area contributed by atoms with Gasteiger partial charge in [-0.25, -0.2) is 4.39 Å². The van der Waals surface area contributed by atoms with E-state index in [1.807, 2.05) is 0 Å². The fourth-order valence-corrected chi connectivity index (χ4v) is 0.888. The van der Waals surface area contributed by atoms with Crippen LogP contribution >= 0.6 is 0 Å². The molecule has 0 bridgehead atoms. The Morgan fingerprint density at radius 3 is 1.88 bits per heavy atom. The Labute approximate surface area is 86.6 Å². The Morgan fingerprint density at radius 1 is 0.938 bits per heavy atom. The summed E-state index contributed by atoms with van der Waals surface area (Å²) >= 11 is 0. The normalized spacial score (nSPS) is 14.6. The van der Waals surface area contributed by atoms with Crippen LogP contribution in [0, 0.1) is 0 Å². The molecule has 0 aromatic heterocycles. The van der Waals surface area contributed by atoms with Gasteiger partial charge in [-0.15, -0.1) is 0 Å². The second kappa shape index (κ2) is 4.23. The van der Waals surface area contributed by atoms with Crippen molar-refractivity contribution in [3.05, 3.63) is 30.3 Å². The minimum Gasteiger partial charge on any atom is -0.430 e. The molecule has 0 radical (unpaired) electrons. The van der Waals surface area contributed by atoms with Gasteiger partial charge in [0, 0.05) is 0 Å². The highest BCUT2D eigenvalue weighted by atomic mass is 19.4. The zero-order valence-electron chi connectivity index (χ0n) is 7.64. The first-order valence-corrected chi connectivity index (χ1v) is 4.06. The third-order valence-electron chi connectivity index (χ3n) is 1.58. The van der Waals surface area contributed by atoms with Gasteiger partial charge in [-0.05, 0) is 12.1 Å². The molecule has 0 amide bonds. The van der Waals surface area contributed by atoms with E-state index in [4.69, 9.17) is 0 Å². The van der Waals surface area contributed by atoms with Crippen LogP contribution < -0.4 is 4.74 Å². The van der Waals surface area contributed by atoms with Gasteiger partial charge in [-0.1, -0.05) is 18.2 Å². The van der Waals surface area contributed by atoms with Crippen LogP contribution in [0.15, 0.2) is 30.3 Å². The molecule has 0 spiro atoms. The van der Waals surface area contributed by atoms with Gasteiger partial charge in [0.2, 0.25) is 0 Å². The summed E-state index contributed by atoms with van der Waals surface area (Å²) in [7, 11) is 0. The molecule has 0 saturated heterocycles. The number of hydrogen-bond acceptors (Lipinski definition) is 1. The molecule has 0 N–H and O–H groups in total. The number of halogens is 6. The lowest BCUT2D eigenvalue weighted by Gasteiger charge is -2.22. The third-order valence-corrected chi connectivity index (χ3v) is 1.58. The van der Waals surface area contributed by atoms with Crippen molar-refractivity contribution in [2.24, 2.45) is 0 Å². The summed E-state index contributed by atoms with van der Waals surface area (Å²) in [6.45, 7) is 0. The minimum atomic E-state index is -5.67. The van der Waals surface area contributed by atoms with Crippen LogP contribution in [0.2, 0.25) is 0 Å². The average Bonchev–Trinajstić information content (AvgIpc) is 2.16. The van der Waals surface area contributed by atoms with Crippen molar-refractivity contribution in [1.82, 2.24) is 0 Å². The molecule has 0 unspecified atom stereocenters. The highest BCUT2D eigenvalue weighted by molar-refractivity contribution is 5.21. The molecule has 1 rings (SSSR count). The van der Waals surface area contributed by atoms with Gasteiger partial charge in [0.1, 0.15) is 5.75 Å². The Hall–Kier alpha value is -1.40. The molecule has 1 aromatic carbocycles. The van der Waals surface area contributed by atoms with Crippen LogP contribution in [-0.4, -0.2) is 18.5 Å². The Balaban J connectivity index is 2.80. The molecule has 16 heavy (non-hydrogen) atoms. The fourth-order valence-electron chi connectivity index (χ4n) is 0.888. The zero-order chi connectivity index (χ0) is 12.4. The summed E-state index contributed by atoms with van der Waals surface area (Å²) in [6, 6.07) is 5.98. The van der Waals surface area contributed by atoms with Crippen LogP contribution in [-0.2, 0) is 0 Å². The zero-order valence-corrected chi connectivity index (χ0v) is 7.64. The number of para-hydroxylation sites is 1. The lowest BCUT2D eigenvalue weighted by Crippen LogP contribution is -2.45. The van der Waals surface area contributed by atoms with Crippen molar-refractivity contribution in [1.29, 1.82) is 0 Å². The van der Waals surface area contributed by atoms with Crippen LogP contribution in [0.3, 0.4) is 0 Å². The van der Waals surface area contributed by atoms with Gasteiger partial charge in [0.05, 0.1) is 0 Å². The van der Waals surface area contributed by atoms with Gasteiger partial charge < -0.3 is 4.74 Å². The van der Waals surface area contributed by atoms with Crippen molar-refractivity contribution in [2.75, 3.05) is 0 Å². The Morgan fingerprint density at radius 2 is 1.44 bits per heavy atom. The van der Waals surface area contributed by atoms with E-state index in [1.165, 1.54) is 18.2 Å². The Kier molecular flexibility index (Phi) is 3.35. The maximum atomic E-state index is 12.7. The van der Waals surface area contributed by atoms with Crippen molar-refractivity contribution in [3.8, 4) is 5.75 Å². The fraction of sp³-hybridized carbons (Fsp3) is 0.333. The lowest BCUT2D eigenvalue weighted by molar-refractivity contribution is -0.304. The molecule has 0 aliphatic rings. The largest absolute Gasteiger partial charge is 0.439 e. The number of alkyl halides is 6. The summed E-state index contributed by atoms with van der Waals surface area (Å²) in [4.78, 5) is 0. The molecular weight excluding hydrogens is 238 g/mol. The monoisotopic (exact) mass is 244 g/mol. The molecule has 0 heterocycles. The predicted octanol–water partition coefficient (Wildman–Crippen LogP) is 3.56. The molecule has 0 saturated carbocycles. The molecule has 0 fully saturated rings. The summed E-state index contributed by atoms with van der Waals surface area (Å²) in [6.07, 6.45) is -15.0. The summed E-state index contributed by atoms with van der Waals surface area (Å²) < 4.78 is 76.5. The van der Waals surface area contributed by atoms with E-state index >= 15 is 0 Å². The quantitative estimate of drug-likeness (QED) is 0.738. The first kappa shape index (κ1) is 12.7. The standard InChI is InChI=1S/C9H6F6O/c10-7(8(11,12)13)9(14,15)16-6-4-2-1-3-5-6/h1-5,7H/t7-/m1/s1. The maximum Gasteiger partial charge on any atom is 0.439 e. The van der Waals surface area contributed by atoms with Crippen LogP contribution in [0.4, 0.5) is 26.3 Å². The van der Waals surface area contributed by atoms with E-state index in [2.05, 4.69) is 4.74 Å². The first-order chi connectivity index (χ1) is 7.23. The van der Waals surface area contributed by atoms with Crippen LogP contribution in [0.1, 0.15) is 0 Å². The van der Waals surface area contributed by atoms with Crippen molar-refractivity contribution < 1.29 is 31.1 Å². The van der Waals surface area contributed by atoms with Gasteiger partial charge in [-0.2, -0.15) is 22.0 Å². The topological polar surface area (TPSA) is 9.23 Å². The number of ether oxygens (including phenoxy) is 1. The van der Waals surface area contributed by atoms with E-state index in [-0.39, 0.29) is 0 Å². The van der Waals surface area contributed by atoms with Gasteiger partial charge in [-0.3, -0.25) is 0 Å². The van der Waals surface area contributed by atoms with Crippen molar-refractivity contribution >= 4 is 0 Å². The number of rotatable bonds is 3. The first-order valence-electron chi connectivity index (χ1n) is 4.06. The van der Waals surface area contributed by atoms with E-state index in [9.17, 15) is 26.3 Å². The molecule has 1 aromatic rings. The summed E-state index contributed by atoms with van der Waals surface area (Å²) in [5.74, 6) is -0.542. The molecule has 0 aliphatic carbocycles. The number of hydrogen-bond donors (Lipinski definition) is 0. The Bertz CT molecular complexity index is 334. The van der Waals surface area contributed by atoms with Crippen LogP contribution in [0.25, 0.3) is 0 Å². The lowest BCUT2D eigenvalue weighted by atomic mass is 10.3. The third kappa shape index (κ3) is 3.04. The summed E-state index contributed by atoms with van der Waals surface area (Å²) in [5.41, 5.74) is 0. The van der Waals surface area contributed by atoms with Gasteiger partial charge >= 0.3 is 12.3 Å². The average molecular weight is 244 g/mol. The molecule has 0 aliphatic heterocycles. The molecule has 1 nitrogen and oxygen atoms in total. The van der Waals surface area contributed by atoms with Crippen LogP contribution in [0.5, 0.6) is 5.75 Å². The molecule has 7 heteroatoms. The van der Waals surface area contributed by atoms with Crippen molar-refractivity contribution in [2.45, 2.75) is 18.5 Å². The van der Waals surface area contributed by atoms with E-state index in [0.717, 1.165) is 12.1 Å². The maximum absolute atomic E-state index is 12.7. The van der Waals surface area contributed by atoms with Crippen molar-refractivity contribution in [3.63, 3.8) is 0 Å². The molecular formula is C9H6F6O. The minimum absolute atomic E-state index is 0.542. The van der Waals surface area contributed by atoms with Gasteiger partial charge in [0.25, 0.3) is 6.17 Å². The molecule has 1 atom stereocenters. The summed E-state index contributed by atoms with van der Waals surface area (Å²) in [5, 5.41) is 0. The highest BCUT2D eigenvalue weighted by Gasteiger charge is 2.59. The second-order valence-corrected chi connectivity index (χ2v) is 2.88. The second-order valence-electron chi connectivity index (χ2n) is 2.88. The van der Waals surface area contributed by atoms with E-state index in [1.54, 1.807) is 0 Å². The SMILES string of the molecule is F[C@H](C(F)(F)F)C(F)(F)Oc1ccccc1. The highest BCUT2D eigenvalue weighted by Crippen LogP contribution is 2.36. The number of benzene rings is 1. The van der Waals surface area contributed by atoms with Gasteiger partial charge in [0.15, 0.2) is 0 Å². The van der Waals surface area contributed by atoms with E-state index in [0.29, 0.717) is 0 Å².